The van der Waals surface area contributed by atoms with E-state index in [2.05, 4.69) is 15.0 Å². The van der Waals surface area contributed by atoms with E-state index in [4.69, 9.17) is 5.73 Å². The van der Waals surface area contributed by atoms with Crippen molar-refractivity contribution in [2.75, 3.05) is 0 Å². The van der Waals surface area contributed by atoms with Crippen LogP contribution in [0.1, 0.15) is 28.0 Å². The predicted octanol–water partition coefficient (Wildman–Crippen LogP) is 3.19. The number of hydrogen-bond acceptors (Lipinski definition) is 6. The molecule has 2 aromatic heterocycles. The zero-order chi connectivity index (χ0) is 16.2. The highest BCUT2D eigenvalue weighted by molar-refractivity contribution is 8.93. The van der Waals surface area contributed by atoms with Gasteiger partial charge in [0.15, 0.2) is 0 Å². The van der Waals surface area contributed by atoms with Crippen molar-refractivity contribution in [2.45, 2.75) is 18.9 Å². The lowest BCUT2D eigenvalue weighted by atomic mass is 10.0. The van der Waals surface area contributed by atoms with E-state index in [-0.39, 0.29) is 28.7 Å². The van der Waals surface area contributed by atoms with Crippen molar-refractivity contribution in [3.8, 4) is 0 Å². The van der Waals surface area contributed by atoms with E-state index in [1.165, 1.54) is 12.1 Å². The number of aromatic amines is 1. The number of rotatable bonds is 6. The molecule has 0 aliphatic rings. The van der Waals surface area contributed by atoms with E-state index in [1.807, 2.05) is 5.38 Å². The van der Waals surface area contributed by atoms with E-state index in [1.54, 1.807) is 36.0 Å². The monoisotopic (exact) mass is 409 g/mol. The number of nitro benzene ring substituents is 1. The molecule has 0 aliphatic carbocycles. The Labute approximate surface area is 152 Å². The number of hydrogen-bond donors (Lipinski definition) is 2. The molecule has 1 atom stereocenters. The summed E-state index contributed by atoms with van der Waals surface area (Å²) in [5, 5.41) is 13.6. The molecule has 0 spiro atoms. The fourth-order valence-corrected chi connectivity index (χ4v) is 3.11. The zero-order valence-electron chi connectivity index (χ0n) is 12.6. The minimum Gasteiger partial charge on any atom is -0.348 e. The predicted molar refractivity (Wildman–Crippen MR) is 97.6 cm³/mol. The summed E-state index contributed by atoms with van der Waals surface area (Å²) < 4.78 is 0. The van der Waals surface area contributed by atoms with Gasteiger partial charge in [-0.1, -0.05) is 12.1 Å². The minimum absolute atomic E-state index is 0. The van der Waals surface area contributed by atoms with Gasteiger partial charge in [-0.25, -0.2) is 9.97 Å². The molecule has 3 N–H and O–H groups in total. The number of nitrogens with two attached hydrogens (primary N) is 1. The normalized spacial score (nSPS) is 11.7. The second kappa shape index (κ2) is 8.13. The van der Waals surface area contributed by atoms with Crippen LogP contribution < -0.4 is 5.73 Å². The number of nitro groups is 1. The van der Waals surface area contributed by atoms with Crippen molar-refractivity contribution in [3.63, 3.8) is 0 Å². The van der Waals surface area contributed by atoms with Crippen molar-refractivity contribution >= 4 is 34.0 Å². The van der Waals surface area contributed by atoms with Gasteiger partial charge in [-0.2, -0.15) is 0 Å². The van der Waals surface area contributed by atoms with Crippen LogP contribution in [0.25, 0.3) is 0 Å². The first kappa shape index (κ1) is 18.2. The first-order chi connectivity index (χ1) is 11.1. The van der Waals surface area contributed by atoms with Crippen LogP contribution in [0.5, 0.6) is 0 Å². The quantitative estimate of drug-likeness (QED) is 0.479. The molecule has 0 amide bonds. The van der Waals surface area contributed by atoms with Crippen LogP contribution >= 0.6 is 28.3 Å². The van der Waals surface area contributed by atoms with Crippen molar-refractivity contribution in [3.05, 3.63) is 74.2 Å². The molecule has 3 aromatic rings. The number of halogens is 1. The van der Waals surface area contributed by atoms with Gasteiger partial charge in [0.2, 0.25) is 0 Å². The Morgan fingerprint density at radius 3 is 2.71 bits per heavy atom. The third kappa shape index (κ3) is 4.47. The van der Waals surface area contributed by atoms with E-state index in [0.717, 1.165) is 22.0 Å². The van der Waals surface area contributed by atoms with Crippen LogP contribution in [0.3, 0.4) is 0 Å². The molecular weight excluding hydrogens is 394 g/mol. The van der Waals surface area contributed by atoms with Gasteiger partial charge in [0.1, 0.15) is 0 Å². The van der Waals surface area contributed by atoms with Crippen LogP contribution in [0.15, 0.2) is 42.2 Å². The lowest BCUT2D eigenvalue weighted by molar-refractivity contribution is -0.384. The minimum atomic E-state index is -0.411. The van der Waals surface area contributed by atoms with Gasteiger partial charge in [0.25, 0.3) is 5.69 Å². The zero-order valence-corrected chi connectivity index (χ0v) is 15.1. The molecule has 0 aliphatic heterocycles. The highest BCUT2D eigenvalue weighted by Gasteiger charge is 2.13. The largest absolute Gasteiger partial charge is 0.348 e. The number of thiazole rings is 1. The number of benzene rings is 1. The Balaban J connectivity index is 0.00000208. The smallest absolute Gasteiger partial charge is 0.269 e. The molecule has 9 heteroatoms. The Morgan fingerprint density at radius 1 is 1.33 bits per heavy atom. The molecule has 0 saturated carbocycles. The highest BCUT2D eigenvalue weighted by atomic mass is 79.9. The van der Waals surface area contributed by atoms with E-state index in [0.29, 0.717) is 12.8 Å². The summed E-state index contributed by atoms with van der Waals surface area (Å²) in [7, 11) is 0. The Morgan fingerprint density at radius 2 is 2.08 bits per heavy atom. The van der Waals surface area contributed by atoms with Gasteiger partial charge in [-0.15, -0.1) is 28.3 Å². The average molecular weight is 410 g/mol. The van der Waals surface area contributed by atoms with Crippen LogP contribution in [-0.4, -0.2) is 19.9 Å². The van der Waals surface area contributed by atoms with Crippen molar-refractivity contribution in [1.82, 2.24) is 15.0 Å². The molecule has 1 aromatic carbocycles. The number of non-ortho nitro benzene ring substituents is 1. The van der Waals surface area contributed by atoms with Gasteiger partial charge >= 0.3 is 0 Å². The molecule has 0 unspecified atom stereocenters. The molecule has 126 valence electrons. The van der Waals surface area contributed by atoms with Crippen molar-refractivity contribution in [1.29, 1.82) is 0 Å². The first-order valence-electron chi connectivity index (χ1n) is 7.02. The number of aromatic nitrogens is 3. The van der Waals surface area contributed by atoms with Crippen molar-refractivity contribution in [2.24, 2.45) is 5.73 Å². The van der Waals surface area contributed by atoms with Crippen LogP contribution in [0.4, 0.5) is 5.69 Å². The Kier molecular flexibility index (Phi) is 6.18. The second-order valence-electron chi connectivity index (χ2n) is 5.15. The summed E-state index contributed by atoms with van der Waals surface area (Å²) in [5.41, 5.74) is 9.08. The van der Waals surface area contributed by atoms with E-state index >= 15 is 0 Å². The summed E-state index contributed by atoms with van der Waals surface area (Å²) in [6.45, 7) is 0. The molecule has 24 heavy (non-hydrogen) atoms. The second-order valence-corrected chi connectivity index (χ2v) is 6.10. The summed E-state index contributed by atoms with van der Waals surface area (Å²) in [6, 6.07) is 6.22. The van der Waals surface area contributed by atoms with Gasteiger partial charge in [0, 0.05) is 35.8 Å². The highest BCUT2D eigenvalue weighted by Crippen LogP contribution is 2.21. The fraction of sp³-hybridized carbons (Fsp3) is 0.200. The van der Waals surface area contributed by atoms with Crippen LogP contribution in [0, 0.1) is 10.1 Å². The van der Waals surface area contributed by atoms with Crippen LogP contribution in [-0.2, 0) is 12.8 Å². The number of nitrogens with one attached hydrogen (secondary N) is 1. The summed E-state index contributed by atoms with van der Waals surface area (Å²) in [5.74, 6) is 0. The van der Waals surface area contributed by atoms with Gasteiger partial charge in [-0.05, 0) is 12.0 Å². The Bertz CT molecular complexity index is 789. The summed E-state index contributed by atoms with van der Waals surface area (Å²) in [6.07, 6.45) is 4.71. The van der Waals surface area contributed by atoms with Gasteiger partial charge in [-0.3, -0.25) is 10.1 Å². The molecule has 7 nitrogen and oxygen atoms in total. The molecule has 3 rings (SSSR count). The third-order valence-electron chi connectivity index (χ3n) is 3.45. The Hall–Kier alpha value is -2.10. The van der Waals surface area contributed by atoms with Gasteiger partial charge < -0.3 is 10.7 Å². The maximum atomic E-state index is 10.7. The third-order valence-corrected chi connectivity index (χ3v) is 4.32. The lowest BCUT2D eigenvalue weighted by Gasteiger charge is -2.08. The lowest BCUT2D eigenvalue weighted by Crippen LogP contribution is -2.14. The molecule has 2 heterocycles. The summed E-state index contributed by atoms with van der Waals surface area (Å²) in [4.78, 5) is 21.8. The van der Waals surface area contributed by atoms with E-state index in [9.17, 15) is 10.1 Å². The molecule has 0 fully saturated rings. The summed E-state index contributed by atoms with van der Waals surface area (Å²) >= 11 is 1.56. The topological polar surface area (TPSA) is 111 Å². The molecule has 0 bridgehead atoms. The average Bonchev–Trinajstić information content (AvgIpc) is 3.20. The SMILES string of the molecule is Br.N[C@@H](Cc1ccc([N+](=O)[O-])cc1)c1csc(Cc2cnc[nH]2)n1. The first-order valence-corrected chi connectivity index (χ1v) is 7.90. The number of H-pyrrole nitrogens is 1. The molecule has 0 radical (unpaired) electrons. The van der Waals surface area contributed by atoms with Crippen LogP contribution in [0.2, 0.25) is 0 Å². The number of nitrogens with zero attached hydrogens (tertiary/aromatic N) is 3. The molecule has 0 saturated heterocycles. The van der Waals surface area contributed by atoms with E-state index < -0.39 is 4.92 Å². The maximum Gasteiger partial charge on any atom is 0.269 e. The maximum absolute atomic E-state index is 10.7. The number of imidazole rings is 1. The van der Waals surface area contributed by atoms with Crippen molar-refractivity contribution < 1.29 is 4.92 Å². The van der Waals surface area contributed by atoms with Gasteiger partial charge in [0.05, 0.1) is 28.0 Å². The fourth-order valence-electron chi connectivity index (χ4n) is 2.23. The standard InChI is InChI=1S/C15H15N5O2S.BrH/c16-13(5-10-1-3-12(4-2-10)20(21)22)14-8-23-15(19-14)6-11-7-17-9-18-11;/h1-4,7-9,13H,5-6,16H2,(H,17,18);1H/t13-;/m0./s1. The molecular formula is C15H16BrN5O2S.